The van der Waals surface area contributed by atoms with Gasteiger partial charge in [0.25, 0.3) is 0 Å². The Hall–Kier alpha value is -0.390. The minimum Gasteiger partial charge on any atom is -0.0602 e. The van der Waals surface area contributed by atoms with Crippen LogP contribution in [0.3, 0.4) is 0 Å². The molecule has 0 aromatic carbocycles. The van der Waals surface area contributed by atoms with E-state index in [1.807, 2.05) is 6.08 Å². The molecule has 0 nitrogen and oxygen atoms in total. The summed E-state index contributed by atoms with van der Waals surface area (Å²) in [6, 6.07) is 0. The van der Waals surface area contributed by atoms with E-state index in [1.54, 1.807) is 0 Å². The predicted molar refractivity (Wildman–Crippen MR) is 75.4 cm³/mol. The molecule has 0 aliphatic heterocycles. The van der Waals surface area contributed by atoms with Crippen molar-refractivity contribution >= 4 is 0 Å². The third kappa shape index (κ3) is 7.84. The van der Waals surface area contributed by atoms with E-state index in [1.165, 1.54) is 12.8 Å². The van der Waals surface area contributed by atoms with Crippen LogP contribution < -0.4 is 0 Å². The van der Waals surface area contributed by atoms with Gasteiger partial charge in [-0.05, 0) is 29.1 Å². The SMILES string of the molecule is C=C[CH+]CC(C)(C)CC(C)(C)CC(C)(C)C. The van der Waals surface area contributed by atoms with Crippen LogP contribution in [0.2, 0.25) is 0 Å². The van der Waals surface area contributed by atoms with E-state index >= 15 is 0 Å². The van der Waals surface area contributed by atoms with E-state index in [0.717, 1.165) is 6.42 Å². The van der Waals surface area contributed by atoms with Crippen LogP contribution in [0, 0.1) is 22.7 Å². The topological polar surface area (TPSA) is 0 Å². The average molecular weight is 223 g/mol. The Balaban J connectivity index is 4.38. The molecule has 0 saturated heterocycles. The fourth-order valence-corrected chi connectivity index (χ4v) is 3.27. The fourth-order valence-electron chi connectivity index (χ4n) is 3.27. The van der Waals surface area contributed by atoms with Gasteiger partial charge in [0.2, 0.25) is 0 Å². The van der Waals surface area contributed by atoms with Crippen molar-refractivity contribution in [3.05, 3.63) is 19.1 Å². The van der Waals surface area contributed by atoms with Gasteiger partial charge in [0.05, 0.1) is 6.08 Å². The van der Waals surface area contributed by atoms with Gasteiger partial charge in [-0.2, -0.15) is 0 Å². The van der Waals surface area contributed by atoms with Crippen LogP contribution in [0.25, 0.3) is 0 Å². The highest BCUT2D eigenvalue weighted by molar-refractivity contribution is 4.93. The number of rotatable bonds is 6. The first-order valence-electron chi connectivity index (χ1n) is 6.42. The average Bonchev–Trinajstić information content (AvgIpc) is 1.93. The Kier molecular flexibility index (Phi) is 5.16. The van der Waals surface area contributed by atoms with Crippen LogP contribution >= 0.6 is 0 Å². The highest BCUT2D eigenvalue weighted by Gasteiger charge is 2.32. The number of allylic oxidation sites excluding steroid dienone is 1. The van der Waals surface area contributed by atoms with Crippen molar-refractivity contribution in [1.82, 2.24) is 0 Å². The van der Waals surface area contributed by atoms with Gasteiger partial charge in [-0.25, -0.2) is 0 Å². The van der Waals surface area contributed by atoms with Gasteiger partial charge < -0.3 is 0 Å². The molecule has 0 heteroatoms. The van der Waals surface area contributed by atoms with Gasteiger partial charge in [-0.15, -0.1) is 0 Å². The lowest BCUT2D eigenvalue weighted by Crippen LogP contribution is -2.27. The summed E-state index contributed by atoms with van der Waals surface area (Å²) < 4.78 is 0. The van der Waals surface area contributed by atoms with Crippen molar-refractivity contribution in [3.8, 4) is 0 Å². The van der Waals surface area contributed by atoms with Crippen LogP contribution in [-0.4, -0.2) is 0 Å². The maximum absolute atomic E-state index is 3.76. The normalized spacial score (nSPS) is 13.7. The van der Waals surface area contributed by atoms with Crippen LogP contribution in [0.15, 0.2) is 12.7 Å². The van der Waals surface area contributed by atoms with Crippen molar-refractivity contribution in [2.24, 2.45) is 16.2 Å². The van der Waals surface area contributed by atoms with Crippen molar-refractivity contribution in [3.63, 3.8) is 0 Å². The molecule has 94 valence electrons. The van der Waals surface area contributed by atoms with Crippen LogP contribution in [-0.2, 0) is 0 Å². The lowest BCUT2D eigenvalue weighted by atomic mass is 9.67. The molecule has 0 aliphatic rings. The van der Waals surface area contributed by atoms with Crippen LogP contribution in [0.5, 0.6) is 0 Å². The molecule has 0 fully saturated rings. The Morgan fingerprint density at radius 1 is 0.875 bits per heavy atom. The molecule has 0 N–H and O–H groups in total. The lowest BCUT2D eigenvalue weighted by molar-refractivity contribution is 0.133. The molecular weight excluding hydrogens is 192 g/mol. The largest absolute Gasteiger partial charge is 0.0864 e. The molecule has 0 amide bonds. The smallest absolute Gasteiger partial charge is 0.0602 e. The molecule has 0 aromatic rings. The van der Waals surface area contributed by atoms with E-state index in [9.17, 15) is 0 Å². The molecule has 0 bridgehead atoms. The molecule has 0 aliphatic carbocycles. The molecule has 0 heterocycles. The van der Waals surface area contributed by atoms with Gasteiger partial charge in [-0.3, -0.25) is 0 Å². The van der Waals surface area contributed by atoms with Crippen molar-refractivity contribution in [1.29, 1.82) is 0 Å². The van der Waals surface area contributed by atoms with Crippen LogP contribution in [0.4, 0.5) is 0 Å². The summed E-state index contributed by atoms with van der Waals surface area (Å²) in [7, 11) is 0. The number of hydrogen-bond donors (Lipinski definition) is 0. The maximum atomic E-state index is 3.76. The molecule has 16 heavy (non-hydrogen) atoms. The van der Waals surface area contributed by atoms with Gasteiger partial charge in [0, 0.05) is 19.4 Å². The zero-order valence-corrected chi connectivity index (χ0v) is 12.5. The summed E-state index contributed by atoms with van der Waals surface area (Å²) in [5, 5.41) is 0. The van der Waals surface area contributed by atoms with Crippen molar-refractivity contribution in [2.75, 3.05) is 0 Å². The zero-order valence-electron chi connectivity index (χ0n) is 12.5. The standard InChI is InChI=1S/C16H31/c1-9-10-11-15(5,6)13-16(7,8)12-14(2,3)4/h9-10H,1,11-13H2,2-8H3/q+1. The van der Waals surface area contributed by atoms with Crippen LogP contribution in [0.1, 0.15) is 67.7 Å². The minimum atomic E-state index is 0.378. The fraction of sp³-hybridized carbons (Fsp3) is 0.812. The summed E-state index contributed by atoms with van der Waals surface area (Å²) in [4.78, 5) is 0. The second-order valence-electron chi connectivity index (χ2n) is 7.92. The maximum Gasteiger partial charge on any atom is 0.0864 e. The molecule has 0 aromatic heterocycles. The van der Waals surface area contributed by atoms with E-state index < -0.39 is 0 Å². The molecule has 0 saturated carbocycles. The quantitative estimate of drug-likeness (QED) is 0.511. The monoisotopic (exact) mass is 223 g/mol. The van der Waals surface area contributed by atoms with E-state index in [2.05, 4.69) is 61.5 Å². The highest BCUT2D eigenvalue weighted by atomic mass is 14.4. The van der Waals surface area contributed by atoms with Gasteiger partial charge in [-0.1, -0.05) is 48.5 Å². The van der Waals surface area contributed by atoms with Gasteiger partial charge >= 0.3 is 0 Å². The van der Waals surface area contributed by atoms with E-state index in [0.29, 0.717) is 16.2 Å². The third-order valence-electron chi connectivity index (χ3n) is 2.80. The molecule has 0 rings (SSSR count). The van der Waals surface area contributed by atoms with E-state index in [4.69, 9.17) is 0 Å². The Morgan fingerprint density at radius 3 is 1.75 bits per heavy atom. The summed E-state index contributed by atoms with van der Waals surface area (Å²) in [6.07, 6.45) is 7.77. The molecule has 0 unspecified atom stereocenters. The lowest BCUT2D eigenvalue weighted by Gasteiger charge is -2.38. The summed E-state index contributed by atoms with van der Waals surface area (Å²) in [5.74, 6) is 0. The number of hydrogen-bond acceptors (Lipinski definition) is 0. The molecule has 0 spiro atoms. The summed E-state index contributed by atoms with van der Waals surface area (Å²) >= 11 is 0. The van der Waals surface area contributed by atoms with Gasteiger partial charge in [0.15, 0.2) is 0 Å². The highest BCUT2D eigenvalue weighted by Crippen LogP contribution is 2.43. The molecular formula is C16H31+. The first-order chi connectivity index (χ1) is 6.97. The first kappa shape index (κ1) is 15.6. The van der Waals surface area contributed by atoms with Gasteiger partial charge in [0.1, 0.15) is 0 Å². The zero-order chi connectivity index (χ0) is 13.0. The predicted octanol–water partition coefficient (Wildman–Crippen LogP) is 5.65. The molecule has 0 atom stereocenters. The Bertz CT molecular complexity index is 213. The summed E-state index contributed by atoms with van der Waals surface area (Å²) in [6.45, 7) is 20.3. The first-order valence-corrected chi connectivity index (χ1v) is 6.42. The van der Waals surface area contributed by atoms with Crippen molar-refractivity contribution < 1.29 is 0 Å². The minimum absolute atomic E-state index is 0.378. The van der Waals surface area contributed by atoms with E-state index in [-0.39, 0.29) is 0 Å². The second kappa shape index (κ2) is 5.29. The Labute approximate surface area is 104 Å². The summed E-state index contributed by atoms with van der Waals surface area (Å²) in [5.41, 5.74) is 1.21. The third-order valence-corrected chi connectivity index (χ3v) is 2.80. The Morgan fingerprint density at radius 2 is 1.38 bits per heavy atom. The molecule has 0 radical (unpaired) electrons. The van der Waals surface area contributed by atoms with Crippen molar-refractivity contribution in [2.45, 2.75) is 67.7 Å². The second-order valence-corrected chi connectivity index (χ2v) is 7.92.